The Kier molecular flexibility index (Phi) is 5.01. The molecule has 4 aliphatic carbocycles. The molecule has 0 radical (unpaired) electrons. The Morgan fingerprint density at radius 2 is 1.67 bits per heavy atom. The summed E-state index contributed by atoms with van der Waals surface area (Å²) in [5.74, 6) is 2.93. The maximum Gasteiger partial charge on any atom is 0.0629 e. The van der Waals surface area contributed by atoms with E-state index in [4.69, 9.17) is 4.99 Å². The predicted octanol–water partition coefficient (Wildman–Crippen LogP) is 7.21. The minimum absolute atomic E-state index is 0.109. The van der Waals surface area contributed by atoms with Crippen molar-refractivity contribution >= 4 is 11.4 Å². The lowest BCUT2D eigenvalue weighted by molar-refractivity contribution is -0.0209. The highest BCUT2D eigenvalue weighted by atomic mass is 16.3. The average molecular weight is 406 g/mol. The zero-order chi connectivity index (χ0) is 21.1. The molecular weight excluding hydrogens is 366 g/mol. The fourth-order valence-corrected chi connectivity index (χ4v) is 7.70. The topological polar surface area (TPSA) is 32.6 Å². The largest absolute Gasteiger partial charge is 0.393 e. The molecule has 2 nitrogen and oxygen atoms in total. The lowest BCUT2D eigenvalue weighted by Gasteiger charge is -2.57. The van der Waals surface area contributed by atoms with E-state index < -0.39 is 0 Å². The highest BCUT2D eigenvalue weighted by Crippen LogP contribution is 2.64. The van der Waals surface area contributed by atoms with Crippen molar-refractivity contribution in [3.63, 3.8) is 0 Å². The predicted molar refractivity (Wildman–Crippen MR) is 125 cm³/mol. The van der Waals surface area contributed by atoms with Gasteiger partial charge in [-0.05, 0) is 98.1 Å². The van der Waals surface area contributed by atoms with E-state index in [1.54, 1.807) is 5.57 Å². The molecule has 0 amide bonds. The van der Waals surface area contributed by atoms with Crippen molar-refractivity contribution in [3.05, 3.63) is 41.5 Å². The van der Waals surface area contributed by atoms with Gasteiger partial charge in [0.2, 0.25) is 0 Å². The van der Waals surface area contributed by atoms with E-state index in [2.05, 4.69) is 58.0 Å². The molecule has 1 N–H and O–H groups in total. The van der Waals surface area contributed by atoms with Gasteiger partial charge in [-0.25, -0.2) is 0 Å². The zero-order valence-corrected chi connectivity index (χ0v) is 19.3. The van der Waals surface area contributed by atoms with Crippen LogP contribution in [0.25, 0.3) is 0 Å². The Balaban J connectivity index is 1.41. The number of hydrogen-bond acceptors (Lipinski definition) is 2. The number of aliphatic hydroxyl groups is 1. The van der Waals surface area contributed by atoms with Gasteiger partial charge in [-0.1, -0.05) is 51.5 Å². The van der Waals surface area contributed by atoms with E-state index in [1.165, 1.54) is 49.8 Å². The van der Waals surface area contributed by atoms with Crippen molar-refractivity contribution in [2.75, 3.05) is 0 Å². The molecule has 0 aliphatic heterocycles. The van der Waals surface area contributed by atoms with E-state index in [0.717, 1.165) is 36.3 Å². The van der Waals surface area contributed by atoms with E-state index in [0.29, 0.717) is 11.3 Å². The van der Waals surface area contributed by atoms with Crippen LogP contribution in [0.1, 0.15) is 90.5 Å². The van der Waals surface area contributed by atoms with Crippen LogP contribution in [0.15, 0.2) is 40.9 Å². The molecule has 1 aromatic rings. The van der Waals surface area contributed by atoms with Gasteiger partial charge in [-0.15, -0.1) is 0 Å². The van der Waals surface area contributed by atoms with Gasteiger partial charge in [-0.2, -0.15) is 0 Å². The van der Waals surface area contributed by atoms with Crippen LogP contribution in [0, 0.1) is 28.6 Å². The van der Waals surface area contributed by atoms with Gasteiger partial charge in [0, 0.05) is 11.1 Å². The third-order valence-electron chi connectivity index (χ3n) is 9.64. The molecular formula is C28H39NO. The number of allylic oxidation sites excluding steroid dienone is 1. The van der Waals surface area contributed by atoms with Crippen LogP contribution < -0.4 is 0 Å². The number of hydrogen-bond donors (Lipinski definition) is 1. The summed E-state index contributed by atoms with van der Waals surface area (Å²) in [6, 6.07) is 8.94. The van der Waals surface area contributed by atoms with E-state index in [-0.39, 0.29) is 11.5 Å². The van der Waals surface area contributed by atoms with Crippen LogP contribution >= 0.6 is 0 Å². The molecule has 0 aromatic heterocycles. The van der Waals surface area contributed by atoms with Crippen LogP contribution in [-0.2, 0) is 0 Å². The maximum absolute atomic E-state index is 10.2. The number of benzene rings is 1. The number of aliphatic hydroxyl groups excluding tert-OH is 1. The third-order valence-corrected chi connectivity index (χ3v) is 9.64. The molecule has 0 spiro atoms. The molecule has 0 saturated heterocycles. The highest BCUT2D eigenvalue weighted by Gasteiger charge is 2.57. The first-order valence-corrected chi connectivity index (χ1v) is 12.4. The standard InChI is InChI=1S/C28H39NO/c1-18(2)19-5-8-21(9-6-19)29-26-12-11-24-23-10-7-20-17-22(30)13-15-27(20,3)25(23)14-16-28(24,26)4/h5-9,18,22-25,30H,10-17H2,1-4H3/t22-,23-,24-,25-,27-,28-/m0/s1. The minimum atomic E-state index is -0.109. The smallest absolute Gasteiger partial charge is 0.0629 e. The number of rotatable bonds is 2. The fourth-order valence-electron chi connectivity index (χ4n) is 7.70. The molecule has 3 fully saturated rings. The first-order valence-electron chi connectivity index (χ1n) is 12.4. The Hall–Kier alpha value is -1.41. The van der Waals surface area contributed by atoms with Crippen LogP contribution in [0.5, 0.6) is 0 Å². The summed E-state index contributed by atoms with van der Waals surface area (Å²) >= 11 is 0. The zero-order valence-electron chi connectivity index (χ0n) is 19.3. The monoisotopic (exact) mass is 405 g/mol. The van der Waals surface area contributed by atoms with E-state index >= 15 is 0 Å². The van der Waals surface area contributed by atoms with Gasteiger partial charge >= 0.3 is 0 Å². The van der Waals surface area contributed by atoms with Crippen LogP contribution in [-0.4, -0.2) is 16.9 Å². The normalized spacial score (nSPS) is 41.9. The van der Waals surface area contributed by atoms with Crippen LogP contribution in [0.2, 0.25) is 0 Å². The Morgan fingerprint density at radius 1 is 0.967 bits per heavy atom. The van der Waals surface area contributed by atoms with Crippen molar-refractivity contribution < 1.29 is 5.11 Å². The summed E-state index contributed by atoms with van der Waals surface area (Å²) < 4.78 is 0. The van der Waals surface area contributed by atoms with E-state index in [9.17, 15) is 5.11 Å². The van der Waals surface area contributed by atoms with Crippen LogP contribution in [0.4, 0.5) is 5.69 Å². The van der Waals surface area contributed by atoms with Gasteiger partial charge in [0.05, 0.1) is 11.8 Å². The molecule has 1 aromatic carbocycles. The molecule has 0 heterocycles. The maximum atomic E-state index is 10.2. The summed E-state index contributed by atoms with van der Waals surface area (Å²) in [5.41, 5.74) is 6.16. The number of aliphatic imine (C=N–C) groups is 1. The molecule has 2 heteroatoms. The molecule has 0 bridgehead atoms. The summed E-state index contributed by atoms with van der Waals surface area (Å²) in [5, 5.41) is 10.2. The Morgan fingerprint density at radius 3 is 2.40 bits per heavy atom. The summed E-state index contributed by atoms with van der Waals surface area (Å²) in [4.78, 5) is 5.23. The van der Waals surface area contributed by atoms with E-state index in [1.807, 2.05) is 0 Å². The molecule has 5 rings (SSSR count). The SMILES string of the molecule is CC(C)c1ccc(N=C2CC[C@H]3[C@@H]4CC=C5C[C@@H](O)CC[C@]5(C)[C@H]4CC[C@]23C)cc1. The first-order chi connectivity index (χ1) is 14.3. The number of fused-ring (bicyclic) bond motifs is 5. The Labute approximate surface area is 182 Å². The highest BCUT2D eigenvalue weighted by molar-refractivity contribution is 5.94. The second-order valence-corrected chi connectivity index (χ2v) is 11.5. The average Bonchev–Trinajstić information content (AvgIpc) is 3.05. The van der Waals surface area contributed by atoms with Gasteiger partial charge in [0.15, 0.2) is 0 Å². The molecule has 6 atom stereocenters. The van der Waals surface area contributed by atoms with Crippen molar-refractivity contribution in [2.45, 2.75) is 91.1 Å². The minimum Gasteiger partial charge on any atom is -0.393 e. The molecule has 3 saturated carbocycles. The van der Waals surface area contributed by atoms with Gasteiger partial charge in [0.25, 0.3) is 0 Å². The lowest BCUT2D eigenvalue weighted by Crippen LogP contribution is -2.50. The lowest BCUT2D eigenvalue weighted by atomic mass is 9.48. The molecule has 0 unspecified atom stereocenters. The summed E-state index contributed by atoms with van der Waals surface area (Å²) in [7, 11) is 0. The van der Waals surface area contributed by atoms with Gasteiger partial charge in [-0.3, -0.25) is 4.99 Å². The molecule has 162 valence electrons. The van der Waals surface area contributed by atoms with Crippen molar-refractivity contribution in [1.29, 1.82) is 0 Å². The summed E-state index contributed by atoms with van der Waals surface area (Å²) in [6.45, 7) is 9.54. The van der Waals surface area contributed by atoms with Crippen molar-refractivity contribution in [1.82, 2.24) is 0 Å². The molecule has 4 aliphatic rings. The van der Waals surface area contributed by atoms with Gasteiger partial charge in [0.1, 0.15) is 0 Å². The molecule has 30 heavy (non-hydrogen) atoms. The quantitative estimate of drug-likeness (QED) is 0.518. The summed E-state index contributed by atoms with van der Waals surface area (Å²) in [6.07, 6.45) is 11.8. The fraction of sp³-hybridized carbons (Fsp3) is 0.679. The third kappa shape index (κ3) is 3.13. The second-order valence-electron chi connectivity index (χ2n) is 11.5. The first kappa shape index (κ1) is 20.5. The van der Waals surface area contributed by atoms with Crippen molar-refractivity contribution in [2.24, 2.45) is 33.6 Å². The van der Waals surface area contributed by atoms with Crippen LogP contribution in [0.3, 0.4) is 0 Å². The Bertz CT molecular complexity index is 865. The second kappa shape index (κ2) is 7.33. The van der Waals surface area contributed by atoms with Crippen molar-refractivity contribution in [3.8, 4) is 0 Å². The number of nitrogens with zero attached hydrogens (tertiary/aromatic N) is 1. The van der Waals surface area contributed by atoms with Gasteiger partial charge < -0.3 is 5.11 Å².